The summed E-state index contributed by atoms with van der Waals surface area (Å²) < 4.78 is 5.16. The van der Waals surface area contributed by atoms with E-state index in [-0.39, 0.29) is 23.7 Å². The molecule has 1 aromatic carbocycles. The summed E-state index contributed by atoms with van der Waals surface area (Å²) in [6.45, 7) is 9.44. The summed E-state index contributed by atoms with van der Waals surface area (Å²) in [5, 5.41) is 3.46. The predicted molar refractivity (Wildman–Crippen MR) is 109 cm³/mol. The molecule has 0 aliphatic carbocycles. The third kappa shape index (κ3) is 6.10. The lowest BCUT2D eigenvalue weighted by molar-refractivity contribution is -0.144. The van der Waals surface area contributed by atoms with Crippen LogP contribution in [0.1, 0.15) is 48.0 Å². The maximum Gasteiger partial charge on any atom is 0.316 e. The lowest BCUT2D eigenvalue weighted by atomic mass is 10.1. The van der Waals surface area contributed by atoms with E-state index in [9.17, 15) is 9.59 Å². The fourth-order valence-electron chi connectivity index (χ4n) is 2.62. The van der Waals surface area contributed by atoms with Crippen LogP contribution in [0.25, 0.3) is 0 Å². The van der Waals surface area contributed by atoms with Gasteiger partial charge >= 0.3 is 5.97 Å². The van der Waals surface area contributed by atoms with E-state index >= 15 is 0 Å². The summed E-state index contributed by atoms with van der Waals surface area (Å²) in [7, 11) is 0. The Balaban J connectivity index is 2.20. The Morgan fingerprint density at radius 2 is 1.85 bits per heavy atom. The number of nitrogens with one attached hydrogen (secondary N) is 1. The number of benzene rings is 1. The number of thioether (sulfide) groups is 1. The zero-order valence-corrected chi connectivity index (χ0v) is 17.3. The molecular formula is C21H26N2O3S. The molecule has 1 heterocycles. The minimum Gasteiger partial charge on any atom is -0.462 e. The second-order valence-electron chi connectivity index (χ2n) is 6.59. The average molecular weight is 387 g/mol. The monoisotopic (exact) mass is 386 g/mol. The lowest BCUT2D eigenvalue weighted by Gasteiger charge is -2.14. The lowest BCUT2D eigenvalue weighted by Crippen LogP contribution is -2.17. The van der Waals surface area contributed by atoms with E-state index in [1.54, 1.807) is 13.8 Å². The van der Waals surface area contributed by atoms with Crippen LogP contribution in [0.3, 0.4) is 0 Å². The highest BCUT2D eigenvalue weighted by molar-refractivity contribution is 8.00. The van der Waals surface area contributed by atoms with Crippen LogP contribution in [0.2, 0.25) is 0 Å². The van der Waals surface area contributed by atoms with Crippen LogP contribution in [0.4, 0.5) is 5.69 Å². The Bertz CT molecular complexity index is 817. The number of carbonyl (C=O) groups excluding carboxylic acids is 2. The summed E-state index contributed by atoms with van der Waals surface area (Å²) >= 11 is 1.22. The summed E-state index contributed by atoms with van der Waals surface area (Å²) in [5.41, 5.74) is 4.05. The van der Waals surface area contributed by atoms with Crippen molar-refractivity contribution in [1.29, 1.82) is 0 Å². The predicted octanol–water partition coefficient (Wildman–Crippen LogP) is 4.56. The molecule has 1 N–H and O–H groups in total. The number of ether oxygens (including phenoxy) is 1. The third-order valence-electron chi connectivity index (χ3n) is 3.85. The number of aromatic nitrogens is 1. The molecule has 0 saturated heterocycles. The molecule has 0 bridgehead atoms. The van der Waals surface area contributed by atoms with Crippen LogP contribution >= 0.6 is 11.8 Å². The molecule has 2 rings (SSSR count). The van der Waals surface area contributed by atoms with Gasteiger partial charge in [-0.3, -0.25) is 9.59 Å². The summed E-state index contributed by atoms with van der Waals surface area (Å²) in [6, 6.07) is 9.63. The first-order chi connectivity index (χ1) is 12.8. The van der Waals surface area contributed by atoms with Gasteiger partial charge in [0.15, 0.2) is 0 Å². The second kappa shape index (κ2) is 9.55. The number of hydrogen-bond acceptors (Lipinski definition) is 5. The van der Waals surface area contributed by atoms with Gasteiger partial charge in [0.25, 0.3) is 5.91 Å². The van der Waals surface area contributed by atoms with E-state index in [4.69, 9.17) is 4.74 Å². The van der Waals surface area contributed by atoms with Crippen LogP contribution in [0, 0.1) is 13.8 Å². The minimum atomic E-state index is -0.322. The molecule has 1 amide bonds. The van der Waals surface area contributed by atoms with Crippen molar-refractivity contribution in [2.45, 2.75) is 52.2 Å². The van der Waals surface area contributed by atoms with Gasteiger partial charge in [0.2, 0.25) is 0 Å². The molecule has 5 nitrogen and oxygen atoms in total. The van der Waals surface area contributed by atoms with Gasteiger partial charge < -0.3 is 10.1 Å². The van der Waals surface area contributed by atoms with E-state index in [1.807, 2.05) is 44.2 Å². The molecular weight excluding hydrogens is 360 g/mol. The number of rotatable bonds is 7. The number of hydrogen-bond donors (Lipinski definition) is 1. The van der Waals surface area contributed by atoms with Crippen LogP contribution < -0.4 is 5.32 Å². The SMILES string of the molecule is CCc1ccc(NC(=O)c2c(C)cc(C)nc2SCC(=O)OC(C)C)cc1. The third-order valence-corrected chi connectivity index (χ3v) is 4.80. The molecule has 0 atom stereocenters. The summed E-state index contributed by atoms with van der Waals surface area (Å²) in [5.74, 6) is -0.444. The van der Waals surface area contributed by atoms with Gasteiger partial charge in [-0.1, -0.05) is 30.8 Å². The number of anilines is 1. The Morgan fingerprint density at radius 1 is 1.19 bits per heavy atom. The van der Waals surface area contributed by atoms with Crippen LogP contribution in [-0.2, 0) is 16.0 Å². The van der Waals surface area contributed by atoms with Crippen molar-refractivity contribution in [2.24, 2.45) is 0 Å². The Hall–Kier alpha value is -2.34. The number of aryl methyl sites for hydroxylation is 3. The van der Waals surface area contributed by atoms with E-state index in [2.05, 4.69) is 17.2 Å². The van der Waals surface area contributed by atoms with Crippen molar-refractivity contribution in [1.82, 2.24) is 4.98 Å². The quantitative estimate of drug-likeness (QED) is 0.558. The zero-order chi connectivity index (χ0) is 20.0. The molecule has 27 heavy (non-hydrogen) atoms. The van der Waals surface area contributed by atoms with Crippen molar-refractivity contribution < 1.29 is 14.3 Å². The molecule has 6 heteroatoms. The van der Waals surface area contributed by atoms with Crippen LogP contribution in [-0.4, -0.2) is 28.7 Å². The molecule has 0 aliphatic heterocycles. The smallest absolute Gasteiger partial charge is 0.316 e. The topological polar surface area (TPSA) is 68.3 Å². The fraction of sp³-hybridized carbons (Fsp3) is 0.381. The standard InChI is InChI=1S/C21H26N2O3S/c1-6-16-7-9-17(10-8-16)23-20(25)19-14(4)11-15(5)22-21(19)27-12-18(24)26-13(2)3/h7-11,13H,6,12H2,1-5H3,(H,23,25). The maximum atomic E-state index is 12.9. The fourth-order valence-corrected chi connectivity index (χ4v) is 3.55. The minimum absolute atomic E-state index is 0.111. The number of pyridine rings is 1. The molecule has 2 aromatic rings. The van der Waals surface area contributed by atoms with Gasteiger partial charge in [-0.15, -0.1) is 0 Å². The molecule has 0 fully saturated rings. The Kier molecular flexibility index (Phi) is 7.42. The van der Waals surface area contributed by atoms with Crippen molar-refractivity contribution in [3.05, 3.63) is 52.7 Å². The first-order valence-electron chi connectivity index (χ1n) is 9.01. The number of nitrogens with zero attached hydrogens (tertiary/aromatic N) is 1. The van der Waals surface area contributed by atoms with Gasteiger partial charge in [0.1, 0.15) is 5.03 Å². The van der Waals surface area contributed by atoms with Crippen molar-refractivity contribution in [3.63, 3.8) is 0 Å². The summed E-state index contributed by atoms with van der Waals surface area (Å²) in [6.07, 6.45) is 0.779. The van der Waals surface area contributed by atoms with Gasteiger partial charge in [-0.2, -0.15) is 0 Å². The van der Waals surface area contributed by atoms with Gasteiger partial charge in [-0.05, 0) is 63.4 Å². The van der Waals surface area contributed by atoms with E-state index < -0.39 is 0 Å². The number of esters is 1. The normalized spacial score (nSPS) is 10.7. The highest BCUT2D eigenvalue weighted by Gasteiger charge is 2.19. The zero-order valence-electron chi connectivity index (χ0n) is 16.5. The molecule has 0 aliphatic rings. The molecule has 0 radical (unpaired) electrons. The average Bonchev–Trinajstić information content (AvgIpc) is 2.59. The summed E-state index contributed by atoms with van der Waals surface area (Å²) in [4.78, 5) is 29.2. The molecule has 0 unspecified atom stereocenters. The molecule has 0 saturated carbocycles. The maximum absolute atomic E-state index is 12.9. The molecule has 144 valence electrons. The van der Waals surface area contributed by atoms with Crippen LogP contribution in [0.15, 0.2) is 35.4 Å². The Morgan fingerprint density at radius 3 is 2.44 bits per heavy atom. The molecule has 0 spiro atoms. The van der Waals surface area contributed by atoms with E-state index in [1.165, 1.54) is 17.3 Å². The van der Waals surface area contributed by atoms with Gasteiger partial charge in [-0.25, -0.2) is 4.98 Å². The second-order valence-corrected chi connectivity index (χ2v) is 7.56. The van der Waals surface area contributed by atoms with Crippen LogP contribution in [0.5, 0.6) is 0 Å². The van der Waals surface area contributed by atoms with Gasteiger partial charge in [0.05, 0.1) is 17.4 Å². The van der Waals surface area contributed by atoms with Crippen molar-refractivity contribution >= 4 is 29.3 Å². The van der Waals surface area contributed by atoms with Crippen molar-refractivity contribution in [2.75, 3.05) is 11.1 Å². The van der Waals surface area contributed by atoms with E-state index in [0.29, 0.717) is 10.6 Å². The highest BCUT2D eigenvalue weighted by Crippen LogP contribution is 2.26. The first kappa shape index (κ1) is 21.0. The number of amides is 1. The largest absolute Gasteiger partial charge is 0.462 e. The Labute approximate surface area is 164 Å². The highest BCUT2D eigenvalue weighted by atomic mass is 32.2. The van der Waals surface area contributed by atoms with Crippen molar-refractivity contribution in [3.8, 4) is 0 Å². The van der Waals surface area contributed by atoms with Gasteiger partial charge in [0, 0.05) is 11.4 Å². The molecule has 1 aromatic heterocycles. The van der Waals surface area contributed by atoms with E-state index in [0.717, 1.165) is 23.4 Å². The number of carbonyl (C=O) groups is 2. The first-order valence-corrected chi connectivity index (χ1v) is 9.99.